The number of fused-ring (bicyclic) bond motifs is 1. The number of hydrogen-bond donors (Lipinski definition) is 0. The smallest absolute Gasteiger partial charge is 0.266 e. The molecule has 0 N–H and O–H groups in total. The molecule has 0 aliphatic carbocycles. The van der Waals surface area contributed by atoms with E-state index in [4.69, 9.17) is 22.1 Å². The molecule has 1 aromatic heterocycles. The maximum Gasteiger partial charge on any atom is 0.266 e. The molecule has 6 rings (SSSR count). The Kier molecular flexibility index (Phi) is 9.54. The van der Waals surface area contributed by atoms with Crippen LogP contribution in [-0.2, 0) is 11.4 Å². The van der Waals surface area contributed by atoms with Crippen LogP contribution >= 0.6 is 24.0 Å². The van der Waals surface area contributed by atoms with Crippen LogP contribution in [0.25, 0.3) is 33.8 Å². The van der Waals surface area contributed by atoms with Gasteiger partial charge in [0.1, 0.15) is 16.7 Å². The second kappa shape index (κ2) is 14.1. The molecule has 5 aromatic rings. The van der Waals surface area contributed by atoms with Crippen molar-refractivity contribution in [2.75, 3.05) is 6.54 Å². The first kappa shape index (κ1) is 29.9. The van der Waals surface area contributed by atoms with E-state index in [1.165, 1.54) is 41.8 Å². The monoisotopic (exact) mass is 617 g/mol. The number of para-hydroxylation sites is 1. The van der Waals surface area contributed by atoms with E-state index in [2.05, 4.69) is 49.4 Å². The highest BCUT2D eigenvalue weighted by Gasteiger charge is 2.32. The molecule has 1 amide bonds. The van der Waals surface area contributed by atoms with Crippen molar-refractivity contribution in [3.05, 3.63) is 119 Å². The van der Waals surface area contributed by atoms with E-state index in [9.17, 15) is 4.79 Å². The number of rotatable bonds is 12. The molecule has 0 saturated carbocycles. The summed E-state index contributed by atoms with van der Waals surface area (Å²) in [7, 11) is 0. The van der Waals surface area contributed by atoms with E-state index < -0.39 is 0 Å². The van der Waals surface area contributed by atoms with Crippen molar-refractivity contribution >= 4 is 51.1 Å². The average molecular weight is 618 g/mol. The maximum atomic E-state index is 13.4. The fraction of sp³-hybridized carbons (Fsp3) is 0.216. The highest BCUT2D eigenvalue weighted by Crippen LogP contribution is 2.35. The van der Waals surface area contributed by atoms with E-state index in [0.29, 0.717) is 22.4 Å². The first-order valence-electron chi connectivity index (χ1n) is 15.2. The number of ether oxygens (including phenoxy) is 1. The van der Waals surface area contributed by atoms with E-state index >= 15 is 0 Å². The molecule has 0 unspecified atom stereocenters. The lowest BCUT2D eigenvalue weighted by molar-refractivity contribution is -0.122. The molecule has 0 bridgehead atoms. The van der Waals surface area contributed by atoms with Crippen molar-refractivity contribution in [1.29, 1.82) is 0 Å². The Morgan fingerprint density at radius 1 is 0.864 bits per heavy atom. The van der Waals surface area contributed by atoms with Gasteiger partial charge in [0.2, 0.25) is 0 Å². The molecule has 1 fully saturated rings. The molecule has 5 nitrogen and oxygen atoms in total. The van der Waals surface area contributed by atoms with Gasteiger partial charge in [-0.3, -0.25) is 9.69 Å². The van der Waals surface area contributed by atoms with Crippen molar-refractivity contribution < 1.29 is 9.53 Å². The molecule has 1 aliphatic heterocycles. The van der Waals surface area contributed by atoms with Crippen LogP contribution in [0.5, 0.6) is 5.75 Å². The lowest BCUT2D eigenvalue weighted by atomic mass is 10.1. The number of unbranched alkanes of at least 4 members (excludes halogenated alkanes) is 4. The molecule has 1 saturated heterocycles. The van der Waals surface area contributed by atoms with Gasteiger partial charge < -0.3 is 4.74 Å². The summed E-state index contributed by atoms with van der Waals surface area (Å²) >= 11 is 6.99. The molecule has 4 aromatic carbocycles. The van der Waals surface area contributed by atoms with Crippen molar-refractivity contribution in [3.63, 3.8) is 0 Å². The third kappa shape index (κ3) is 6.79. The van der Waals surface area contributed by atoms with Gasteiger partial charge in [-0.15, -0.1) is 0 Å². The Labute approximate surface area is 268 Å². The molecule has 0 radical (unpaired) electrons. The van der Waals surface area contributed by atoms with Crippen molar-refractivity contribution in [3.8, 4) is 22.7 Å². The average Bonchev–Trinajstić information content (AvgIpc) is 3.60. The van der Waals surface area contributed by atoms with Crippen molar-refractivity contribution in [2.24, 2.45) is 0 Å². The quantitative estimate of drug-likeness (QED) is 0.0793. The van der Waals surface area contributed by atoms with E-state index in [-0.39, 0.29) is 5.91 Å². The molecule has 2 heterocycles. The molecule has 0 spiro atoms. The molecular formula is C37H35N3O2S2. The number of aromatic nitrogens is 2. The van der Waals surface area contributed by atoms with Gasteiger partial charge in [0.05, 0.1) is 16.3 Å². The lowest BCUT2D eigenvalue weighted by Crippen LogP contribution is -2.29. The van der Waals surface area contributed by atoms with Gasteiger partial charge in [0, 0.05) is 23.9 Å². The fourth-order valence-electron chi connectivity index (χ4n) is 5.43. The number of carbonyl (C=O) groups excluding carboxylic acids is 1. The highest BCUT2D eigenvalue weighted by atomic mass is 32.2. The van der Waals surface area contributed by atoms with Crippen LogP contribution in [0.4, 0.5) is 0 Å². The fourth-order valence-corrected chi connectivity index (χ4v) is 6.73. The number of amides is 1. The SMILES string of the molecule is CCCCCCCN1C(=O)C(=Cc2cn(-c3ccccc3)nc2-c2ccc(OCc3cccc4ccccc34)cc2)SC1=S. The van der Waals surface area contributed by atoms with Crippen molar-refractivity contribution in [2.45, 2.75) is 45.6 Å². The Hall–Kier alpha value is -4.20. The maximum absolute atomic E-state index is 13.4. The van der Waals surface area contributed by atoms with Crippen LogP contribution in [0, 0.1) is 0 Å². The Morgan fingerprint density at radius 2 is 1.61 bits per heavy atom. The van der Waals surface area contributed by atoms with Gasteiger partial charge >= 0.3 is 0 Å². The second-order valence-electron chi connectivity index (χ2n) is 10.9. The zero-order chi connectivity index (χ0) is 30.3. The summed E-state index contributed by atoms with van der Waals surface area (Å²) in [6, 6.07) is 32.6. The molecule has 7 heteroatoms. The van der Waals surface area contributed by atoms with Crippen LogP contribution in [0.2, 0.25) is 0 Å². The zero-order valence-corrected chi connectivity index (χ0v) is 26.4. The third-order valence-electron chi connectivity index (χ3n) is 7.81. The van der Waals surface area contributed by atoms with Gasteiger partial charge in [-0.05, 0) is 65.2 Å². The summed E-state index contributed by atoms with van der Waals surface area (Å²) in [5, 5.41) is 7.36. The molecular weight excluding hydrogens is 583 g/mol. The van der Waals surface area contributed by atoms with Crippen LogP contribution in [-0.4, -0.2) is 31.5 Å². The molecule has 222 valence electrons. The highest BCUT2D eigenvalue weighted by molar-refractivity contribution is 8.26. The van der Waals surface area contributed by atoms with E-state index in [1.54, 1.807) is 4.90 Å². The minimum atomic E-state index is -0.0221. The number of carbonyl (C=O) groups is 1. The van der Waals surface area contributed by atoms with E-state index in [1.807, 2.05) is 71.6 Å². The van der Waals surface area contributed by atoms with Crippen LogP contribution in [0.15, 0.2) is 108 Å². The zero-order valence-electron chi connectivity index (χ0n) is 24.8. The topological polar surface area (TPSA) is 47.4 Å². The van der Waals surface area contributed by atoms with Crippen LogP contribution < -0.4 is 4.74 Å². The molecule has 44 heavy (non-hydrogen) atoms. The standard InChI is InChI=1S/C37H35N3O2S2/c1-2-3-4-5-11-23-39-36(41)34(44-37(39)43)24-30-25-40(31-16-7-6-8-17-31)38-35(30)28-19-21-32(22-20-28)42-26-29-15-12-14-27-13-9-10-18-33(27)29/h6-10,12-22,24-25H,2-5,11,23,26H2,1H3. The van der Waals surface area contributed by atoms with Crippen LogP contribution in [0.1, 0.15) is 50.2 Å². The summed E-state index contributed by atoms with van der Waals surface area (Å²) in [5.74, 6) is 0.761. The normalized spacial score (nSPS) is 14.2. The minimum absolute atomic E-state index is 0.0221. The lowest BCUT2D eigenvalue weighted by Gasteiger charge is -2.13. The van der Waals surface area contributed by atoms with Gasteiger partial charge in [-0.2, -0.15) is 5.10 Å². The summed E-state index contributed by atoms with van der Waals surface area (Å²) in [6.45, 7) is 3.35. The molecule has 0 atom stereocenters. The summed E-state index contributed by atoms with van der Waals surface area (Å²) in [6.07, 6.45) is 9.60. The summed E-state index contributed by atoms with van der Waals surface area (Å²) in [5.41, 5.74) is 4.69. The number of thioether (sulfide) groups is 1. The number of hydrogen-bond acceptors (Lipinski definition) is 5. The van der Waals surface area contributed by atoms with E-state index in [0.717, 1.165) is 46.7 Å². The Bertz CT molecular complexity index is 1790. The minimum Gasteiger partial charge on any atom is -0.489 e. The number of nitrogens with zero attached hydrogens (tertiary/aromatic N) is 3. The third-order valence-corrected chi connectivity index (χ3v) is 9.19. The Balaban J connectivity index is 1.23. The van der Waals surface area contributed by atoms with Crippen molar-refractivity contribution in [1.82, 2.24) is 14.7 Å². The van der Waals surface area contributed by atoms with Crippen LogP contribution in [0.3, 0.4) is 0 Å². The predicted molar refractivity (Wildman–Crippen MR) is 186 cm³/mol. The second-order valence-corrected chi connectivity index (χ2v) is 12.6. The predicted octanol–water partition coefficient (Wildman–Crippen LogP) is 9.44. The van der Waals surface area contributed by atoms with Gasteiger partial charge in [-0.1, -0.05) is 117 Å². The van der Waals surface area contributed by atoms with Gasteiger partial charge in [-0.25, -0.2) is 4.68 Å². The van der Waals surface area contributed by atoms with Gasteiger partial charge in [0.15, 0.2) is 0 Å². The first-order valence-corrected chi connectivity index (χ1v) is 16.4. The first-order chi connectivity index (χ1) is 21.6. The molecule has 1 aliphatic rings. The summed E-state index contributed by atoms with van der Waals surface area (Å²) < 4.78 is 8.68. The summed E-state index contributed by atoms with van der Waals surface area (Å²) in [4.78, 5) is 15.8. The largest absolute Gasteiger partial charge is 0.489 e. The number of benzene rings is 4. The van der Waals surface area contributed by atoms with Gasteiger partial charge in [0.25, 0.3) is 5.91 Å². The Morgan fingerprint density at radius 3 is 2.43 bits per heavy atom. The number of thiocarbonyl (C=S) groups is 1.